The van der Waals surface area contributed by atoms with E-state index in [1.807, 2.05) is 34.9 Å². The fraction of sp³-hybridized carbons (Fsp3) is 0.286. The number of carbonyl (C=O) groups is 1. The number of amides is 1. The summed E-state index contributed by atoms with van der Waals surface area (Å²) in [5.74, 6) is -0.0799. The van der Waals surface area contributed by atoms with Crippen molar-refractivity contribution in [1.82, 2.24) is 14.9 Å². The molecule has 1 aromatic carbocycles. The van der Waals surface area contributed by atoms with Crippen molar-refractivity contribution >= 4 is 16.8 Å². The number of nitrogens with zero attached hydrogens (tertiary/aromatic N) is 2. The fourth-order valence-electron chi connectivity index (χ4n) is 3.11. The lowest BCUT2D eigenvalue weighted by atomic mass is 10.0. The Morgan fingerprint density at radius 3 is 2.81 bits per heavy atom. The molecule has 0 saturated carbocycles. The van der Waals surface area contributed by atoms with Crippen LogP contribution in [0.25, 0.3) is 10.9 Å². The first-order valence-electron chi connectivity index (χ1n) is 8.96. The van der Waals surface area contributed by atoms with Crippen LogP contribution in [0.15, 0.2) is 65.8 Å². The van der Waals surface area contributed by atoms with Crippen LogP contribution in [0, 0.1) is 0 Å². The van der Waals surface area contributed by atoms with Gasteiger partial charge in [0, 0.05) is 30.0 Å². The number of rotatable bonds is 7. The molecule has 5 heteroatoms. The molecule has 0 saturated heterocycles. The second kappa shape index (κ2) is 8.43. The smallest absolute Gasteiger partial charge is 0.240 e. The van der Waals surface area contributed by atoms with Crippen molar-refractivity contribution in [2.75, 3.05) is 0 Å². The van der Waals surface area contributed by atoms with Gasteiger partial charge in [-0.1, -0.05) is 38.0 Å². The molecule has 0 radical (unpaired) electrons. The maximum absolute atomic E-state index is 12.7. The molecule has 0 unspecified atom stereocenters. The van der Waals surface area contributed by atoms with Crippen molar-refractivity contribution < 1.29 is 4.79 Å². The summed E-state index contributed by atoms with van der Waals surface area (Å²) in [6.07, 6.45) is 8.18. The molecule has 26 heavy (non-hydrogen) atoms. The van der Waals surface area contributed by atoms with E-state index in [0.29, 0.717) is 5.39 Å². The Bertz CT molecular complexity index is 935. The number of pyridine rings is 2. The Kier molecular flexibility index (Phi) is 5.79. The highest BCUT2D eigenvalue weighted by molar-refractivity contribution is 5.82. The van der Waals surface area contributed by atoms with Gasteiger partial charge in [-0.2, -0.15) is 0 Å². The summed E-state index contributed by atoms with van der Waals surface area (Å²) in [4.78, 5) is 28.8. The third-order valence-corrected chi connectivity index (χ3v) is 4.47. The summed E-state index contributed by atoms with van der Waals surface area (Å²) in [6, 6.07) is 12.7. The molecule has 2 aromatic heterocycles. The number of fused-ring (bicyclic) bond motifs is 1. The van der Waals surface area contributed by atoms with Crippen LogP contribution in [-0.4, -0.2) is 15.5 Å². The molecule has 1 atom stereocenters. The van der Waals surface area contributed by atoms with Gasteiger partial charge in [-0.25, -0.2) is 0 Å². The van der Waals surface area contributed by atoms with Gasteiger partial charge < -0.3 is 9.88 Å². The van der Waals surface area contributed by atoms with Crippen LogP contribution < -0.4 is 10.7 Å². The number of nitrogens with one attached hydrogen (secondary N) is 1. The first-order chi connectivity index (χ1) is 12.7. The van der Waals surface area contributed by atoms with Crippen molar-refractivity contribution in [3.63, 3.8) is 0 Å². The summed E-state index contributed by atoms with van der Waals surface area (Å²) < 4.78 is 1.81. The Labute approximate surface area is 152 Å². The largest absolute Gasteiger partial charge is 0.348 e. The summed E-state index contributed by atoms with van der Waals surface area (Å²) in [5.41, 5.74) is 1.74. The molecule has 0 spiro atoms. The van der Waals surface area contributed by atoms with E-state index in [-0.39, 0.29) is 23.9 Å². The maximum atomic E-state index is 12.7. The van der Waals surface area contributed by atoms with Gasteiger partial charge in [-0.15, -0.1) is 0 Å². The van der Waals surface area contributed by atoms with E-state index in [9.17, 15) is 9.59 Å². The van der Waals surface area contributed by atoms with Gasteiger partial charge in [0.2, 0.25) is 5.91 Å². The molecular formula is C21H23N3O2. The quantitative estimate of drug-likeness (QED) is 0.711. The first kappa shape index (κ1) is 17.9. The van der Waals surface area contributed by atoms with Crippen LogP contribution in [0.2, 0.25) is 0 Å². The predicted octanol–water partition coefficient (Wildman–Crippen LogP) is 3.44. The predicted molar refractivity (Wildman–Crippen MR) is 103 cm³/mol. The monoisotopic (exact) mass is 349 g/mol. The number of carbonyl (C=O) groups excluding carboxylic acids is 1. The standard InChI is InChI=1S/C21H23N3O2/c1-2-3-9-18(16-7-6-12-22-14-16)23-21(26)15-24-13-11-20(25)17-8-4-5-10-19(17)24/h4-8,10-14,18H,2-3,9,15H2,1H3,(H,23,26)/t18-/m1/s1. The molecule has 1 amide bonds. The average Bonchev–Trinajstić information content (AvgIpc) is 2.68. The number of aromatic nitrogens is 2. The summed E-state index contributed by atoms with van der Waals surface area (Å²) in [5, 5.41) is 3.74. The molecule has 0 aliphatic rings. The normalized spacial score (nSPS) is 12.0. The van der Waals surface area contributed by atoms with Gasteiger partial charge in [0.05, 0.1) is 11.6 Å². The number of hydrogen-bond donors (Lipinski definition) is 1. The Hall–Kier alpha value is -2.95. The topological polar surface area (TPSA) is 64.0 Å². The van der Waals surface area contributed by atoms with E-state index < -0.39 is 0 Å². The van der Waals surface area contributed by atoms with Crippen LogP contribution in [-0.2, 0) is 11.3 Å². The Morgan fingerprint density at radius 2 is 2.04 bits per heavy atom. The second-order valence-corrected chi connectivity index (χ2v) is 6.37. The van der Waals surface area contributed by atoms with E-state index in [1.165, 1.54) is 6.07 Å². The van der Waals surface area contributed by atoms with Gasteiger partial charge in [0.25, 0.3) is 0 Å². The van der Waals surface area contributed by atoms with Crippen molar-refractivity contribution in [3.8, 4) is 0 Å². The summed E-state index contributed by atoms with van der Waals surface area (Å²) in [7, 11) is 0. The van der Waals surface area contributed by atoms with Crippen molar-refractivity contribution in [1.29, 1.82) is 0 Å². The van der Waals surface area contributed by atoms with Crippen molar-refractivity contribution in [2.24, 2.45) is 0 Å². The average molecular weight is 349 g/mol. The third kappa shape index (κ3) is 4.17. The zero-order chi connectivity index (χ0) is 18.4. The number of benzene rings is 1. The molecule has 2 heterocycles. The van der Waals surface area contributed by atoms with Crippen LogP contribution in [0.3, 0.4) is 0 Å². The van der Waals surface area contributed by atoms with Crippen LogP contribution >= 0.6 is 0 Å². The van der Waals surface area contributed by atoms with E-state index >= 15 is 0 Å². The minimum Gasteiger partial charge on any atom is -0.348 e. The summed E-state index contributed by atoms with van der Waals surface area (Å²) in [6.45, 7) is 2.30. The molecule has 1 N–H and O–H groups in total. The van der Waals surface area contributed by atoms with E-state index in [1.54, 1.807) is 24.7 Å². The molecule has 0 aliphatic carbocycles. The van der Waals surface area contributed by atoms with Gasteiger partial charge in [0.15, 0.2) is 5.43 Å². The molecule has 0 fully saturated rings. The first-order valence-corrected chi connectivity index (χ1v) is 8.96. The van der Waals surface area contributed by atoms with Crippen molar-refractivity contribution in [3.05, 3.63) is 76.8 Å². The zero-order valence-electron chi connectivity index (χ0n) is 14.9. The third-order valence-electron chi connectivity index (χ3n) is 4.47. The lowest BCUT2D eigenvalue weighted by molar-refractivity contribution is -0.122. The molecule has 134 valence electrons. The van der Waals surface area contributed by atoms with Crippen LogP contribution in [0.5, 0.6) is 0 Å². The van der Waals surface area contributed by atoms with Gasteiger partial charge >= 0.3 is 0 Å². The van der Waals surface area contributed by atoms with Crippen LogP contribution in [0.4, 0.5) is 0 Å². The second-order valence-electron chi connectivity index (χ2n) is 6.37. The minimum atomic E-state index is -0.0799. The van der Waals surface area contributed by atoms with Gasteiger partial charge in [-0.05, 0) is 30.2 Å². The number of unbranched alkanes of at least 4 members (excludes halogenated alkanes) is 1. The molecule has 5 nitrogen and oxygen atoms in total. The number of hydrogen-bond acceptors (Lipinski definition) is 3. The minimum absolute atomic E-state index is 0.0339. The SMILES string of the molecule is CCCC[C@@H](NC(=O)Cn1ccc(=O)c2ccccc21)c1cccnc1. The Morgan fingerprint density at radius 1 is 1.19 bits per heavy atom. The van der Waals surface area contributed by atoms with E-state index in [2.05, 4.69) is 17.2 Å². The van der Waals surface area contributed by atoms with Gasteiger partial charge in [-0.3, -0.25) is 14.6 Å². The summed E-state index contributed by atoms with van der Waals surface area (Å²) >= 11 is 0. The lowest BCUT2D eigenvalue weighted by Crippen LogP contribution is -2.32. The highest BCUT2D eigenvalue weighted by Gasteiger charge is 2.15. The molecule has 0 aliphatic heterocycles. The molecule has 3 aromatic rings. The fourth-order valence-corrected chi connectivity index (χ4v) is 3.11. The van der Waals surface area contributed by atoms with E-state index in [0.717, 1.165) is 30.3 Å². The van der Waals surface area contributed by atoms with Gasteiger partial charge in [0.1, 0.15) is 6.54 Å². The van der Waals surface area contributed by atoms with Crippen LogP contribution in [0.1, 0.15) is 37.8 Å². The highest BCUT2D eigenvalue weighted by Crippen LogP contribution is 2.18. The zero-order valence-corrected chi connectivity index (χ0v) is 14.9. The molecular weight excluding hydrogens is 326 g/mol. The molecule has 3 rings (SSSR count). The Balaban J connectivity index is 1.79. The maximum Gasteiger partial charge on any atom is 0.240 e. The molecule has 0 bridgehead atoms. The van der Waals surface area contributed by atoms with Crippen molar-refractivity contribution in [2.45, 2.75) is 38.8 Å². The highest BCUT2D eigenvalue weighted by atomic mass is 16.2. The number of para-hydroxylation sites is 1. The van der Waals surface area contributed by atoms with E-state index in [4.69, 9.17) is 0 Å². The lowest BCUT2D eigenvalue weighted by Gasteiger charge is -2.19.